The summed E-state index contributed by atoms with van der Waals surface area (Å²) in [6.07, 6.45) is 3.97. The van der Waals surface area contributed by atoms with Gasteiger partial charge in [-0.25, -0.2) is 0 Å². The Morgan fingerprint density at radius 2 is 1.69 bits per heavy atom. The van der Waals surface area contributed by atoms with Crippen molar-refractivity contribution < 1.29 is 9.59 Å². The number of hydrogen-bond donors (Lipinski definition) is 0. The highest BCUT2D eigenvalue weighted by atomic mass is 16.2. The number of hydrogen-bond acceptors (Lipinski definition) is 2. The molecule has 4 rings (SSSR count). The Hall–Kier alpha value is -3.40. The molecule has 4 heteroatoms. The molecule has 0 radical (unpaired) electrons. The van der Waals surface area contributed by atoms with Crippen LogP contribution in [0.15, 0.2) is 72.9 Å². The van der Waals surface area contributed by atoms with Gasteiger partial charge in [-0.3, -0.25) is 9.59 Å². The molecule has 146 valence electrons. The molecule has 29 heavy (non-hydrogen) atoms. The topological polar surface area (TPSA) is 40.6 Å². The molecule has 0 saturated heterocycles. The molecule has 1 aliphatic rings. The molecule has 1 aliphatic heterocycles. The number of rotatable bonds is 4. The van der Waals surface area contributed by atoms with Crippen LogP contribution in [0.4, 0.5) is 0 Å². The zero-order valence-corrected chi connectivity index (χ0v) is 16.7. The predicted octanol–water partition coefficient (Wildman–Crippen LogP) is 4.76. The number of carbonyl (C=O) groups excluding carboxylic acids is 2. The fourth-order valence-corrected chi connectivity index (χ4v) is 4.01. The quantitative estimate of drug-likeness (QED) is 0.651. The largest absolute Gasteiger partial charge is 0.341 e. The van der Waals surface area contributed by atoms with Crippen LogP contribution < -0.4 is 0 Å². The normalized spacial score (nSPS) is 15.2. The Morgan fingerprint density at radius 3 is 2.52 bits per heavy atom. The van der Waals surface area contributed by atoms with Gasteiger partial charge >= 0.3 is 0 Å². The van der Waals surface area contributed by atoms with Gasteiger partial charge in [0, 0.05) is 26.7 Å². The molecule has 0 spiro atoms. The van der Waals surface area contributed by atoms with E-state index in [1.54, 1.807) is 16.0 Å². The van der Waals surface area contributed by atoms with Crippen molar-refractivity contribution in [3.05, 3.63) is 89.6 Å². The molecule has 0 bridgehead atoms. The van der Waals surface area contributed by atoms with Gasteiger partial charge in [-0.15, -0.1) is 0 Å². The number of fused-ring (bicyclic) bond motifs is 2. The summed E-state index contributed by atoms with van der Waals surface area (Å²) >= 11 is 0. The molecule has 0 aromatic heterocycles. The number of amides is 2. The molecule has 0 N–H and O–H groups in total. The van der Waals surface area contributed by atoms with Crippen LogP contribution in [0.2, 0.25) is 0 Å². The van der Waals surface area contributed by atoms with Crippen LogP contribution in [0.1, 0.15) is 36.1 Å². The van der Waals surface area contributed by atoms with Crippen LogP contribution >= 0.6 is 0 Å². The Balaban J connectivity index is 1.56. The lowest BCUT2D eigenvalue weighted by Gasteiger charge is -2.33. The van der Waals surface area contributed by atoms with Crippen LogP contribution in [0.5, 0.6) is 0 Å². The molecule has 0 saturated carbocycles. The maximum absolute atomic E-state index is 13.1. The molecule has 1 unspecified atom stereocenters. The van der Waals surface area contributed by atoms with Crippen LogP contribution in [0.3, 0.4) is 0 Å². The van der Waals surface area contributed by atoms with Crippen molar-refractivity contribution >= 4 is 28.7 Å². The lowest BCUT2D eigenvalue weighted by molar-refractivity contribution is -0.134. The first-order valence-corrected chi connectivity index (χ1v) is 9.81. The lowest BCUT2D eigenvalue weighted by Crippen LogP contribution is -2.35. The minimum absolute atomic E-state index is 0.0132. The van der Waals surface area contributed by atoms with Gasteiger partial charge in [-0.1, -0.05) is 66.7 Å². The Labute approximate surface area is 171 Å². The summed E-state index contributed by atoms with van der Waals surface area (Å²) in [5.41, 5.74) is 3.18. The monoisotopic (exact) mass is 384 g/mol. The molecule has 3 aromatic carbocycles. The average molecular weight is 384 g/mol. The summed E-state index contributed by atoms with van der Waals surface area (Å²) in [6, 6.07) is 22.0. The summed E-state index contributed by atoms with van der Waals surface area (Å²) in [4.78, 5) is 28.7. The zero-order valence-electron chi connectivity index (χ0n) is 16.7. The Kier molecular flexibility index (Phi) is 5.17. The summed E-state index contributed by atoms with van der Waals surface area (Å²) in [6.45, 7) is 2.07. The smallest absolute Gasteiger partial charge is 0.225 e. The molecule has 3 aromatic rings. The highest BCUT2D eigenvalue weighted by molar-refractivity contribution is 5.86. The SMILES string of the molecule is CC(=O)N1C=Cc2ccccc2C1CC(=O)N(C)Cc1cccc2ccccc12. The summed E-state index contributed by atoms with van der Waals surface area (Å²) in [5, 5.41) is 2.32. The average Bonchev–Trinajstić information content (AvgIpc) is 2.74. The van der Waals surface area contributed by atoms with E-state index >= 15 is 0 Å². The van der Waals surface area contributed by atoms with Gasteiger partial charge in [0.15, 0.2) is 0 Å². The molecule has 1 atom stereocenters. The first kappa shape index (κ1) is 18.9. The van der Waals surface area contributed by atoms with Crippen LogP contribution in [-0.4, -0.2) is 28.7 Å². The first-order chi connectivity index (χ1) is 14.0. The third-order valence-corrected chi connectivity index (χ3v) is 5.55. The first-order valence-electron chi connectivity index (χ1n) is 9.81. The van der Waals surface area contributed by atoms with Crippen LogP contribution in [0.25, 0.3) is 16.8 Å². The molecule has 2 amide bonds. The number of nitrogens with zero attached hydrogens (tertiary/aromatic N) is 2. The summed E-state index contributed by atoms with van der Waals surface area (Å²) in [7, 11) is 1.83. The van der Waals surface area contributed by atoms with Gasteiger partial charge in [-0.05, 0) is 33.5 Å². The summed E-state index contributed by atoms with van der Waals surface area (Å²) in [5.74, 6) is -0.0513. The van der Waals surface area contributed by atoms with Crippen molar-refractivity contribution in [2.45, 2.75) is 25.9 Å². The van der Waals surface area contributed by atoms with E-state index in [0.29, 0.717) is 6.54 Å². The minimum atomic E-state index is -0.281. The predicted molar refractivity (Wildman–Crippen MR) is 116 cm³/mol. The van der Waals surface area contributed by atoms with Crippen LogP contribution in [0, 0.1) is 0 Å². The van der Waals surface area contributed by atoms with Gasteiger partial charge in [-0.2, -0.15) is 0 Å². The van der Waals surface area contributed by atoms with E-state index in [1.807, 2.05) is 55.6 Å². The summed E-state index contributed by atoms with van der Waals surface area (Å²) < 4.78 is 0. The van der Waals surface area contributed by atoms with E-state index in [2.05, 4.69) is 24.3 Å². The Bertz CT molecular complexity index is 1100. The molecule has 0 fully saturated rings. The van der Waals surface area contributed by atoms with Gasteiger partial charge in [0.25, 0.3) is 0 Å². The standard InChI is InChI=1S/C25H24N2O2/c1-18(28)27-15-14-20-9-4-6-13-23(20)24(27)16-25(29)26(2)17-21-11-7-10-19-8-3-5-12-22(19)21/h3-15,24H,16-17H2,1-2H3. The third kappa shape index (κ3) is 3.79. The maximum Gasteiger partial charge on any atom is 0.225 e. The lowest BCUT2D eigenvalue weighted by atomic mass is 9.93. The van der Waals surface area contributed by atoms with Gasteiger partial charge < -0.3 is 9.80 Å². The maximum atomic E-state index is 13.1. The molecule has 0 aliphatic carbocycles. The molecular weight excluding hydrogens is 360 g/mol. The second kappa shape index (κ2) is 7.92. The van der Waals surface area contributed by atoms with E-state index < -0.39 is 0 Å². The highest BCUT2D eigenvalue weighted by Crippen LogP contribution is 2.33. The van der Waals surface area contributed by atoms with E-state index in [-0.39, 0.29) is 24.3 Å². The van der Waals surface area contributed by atoms with E-state index in [4.69, 9.17) is 0 Å². The molecule has 4 nitrogen and oxygen atoms in total. The van der Waals surface area contributed by atoms with Gasteiger partial charge in [0.05, 0.1) is 12.5 Å². The van der Waals surface area contributed by atoms with Gasteiger partial charge in [0.2, 0.25) is 11.8 Å². The van der Waals surface area contributed by atoms with Crippen LogP contribution in [-0.2, 0) is 16.1 Å². The Morgan fingerprint density at radius 1 is 0.966 bits per heavy atom. The van der Waals surface area contributed by atoms with Crippen molar-refractivity contribution in [1.82, 2.24) is 9.80 Å². The molecule has 1 heterocycles. The number of benzene rings is 3. The van der Waals surface area contributed by atoms with Crippen molar-refractivity contribution in [3.63, 3.8) is 0 Å². The third-order valence-electron chi connectivity index (χ3n) is 5.55. The fraction of sp³-hybridized carbons (Fsp3) is 0.200. The molecular formula is C25H24N2O2. The van der Waals surface area contributed by atoms with Gasteiger partial charge in [0.1, 0.15) is 0 Å². The van der Waals surface area contributed by atoms with E-state index in [9.17, 15) is 9.59 Å². The fourth-order valence-electron chi connectivity index (χ4n) is 4.01. The highest BCUT2D eigenvalue weighted by Gasteiger charge is 2.29. The van der Waals surface area contributed by atoms with Crippen molar-refractivity contribution in [3.8, 4) is 0 Å². The second-order valence-corrected chi connectivity index (χ2v) is 7.48. The van der Waals surface area contributed by atoms with E-state index in [0.717, 1.165) is 22.1 Å². The van der Waals surface area contributed by atoms with Crippen molar-refractivity contribution in [2.24, 2.45) is 0 Å². The number of carbonyl (C=O) groups is 2. The van der Waals surface area contributed by atoms with Crippen molar-refractivity contribution in [2.75, 3.05) is 7.05 Å². The van der Waals surface area contributed by atoms with Crippen molar-refractivity contribution in [1.29, 1.82) is 0 Å². The zero-order chi connectivity index (χ0) is 20.4. The second-order valence-electron chi connectivity index (χ2n) is 7.48. The van der Waals surface area contributed by atoms with E-state index in [1.165, 1.54) is 12.3 Å². The minimum Gasteiger partial charge on any atom is -0.341 e.